The summed E-state index contributed by atoms with van der Waals surface area (Å²) in [6, 6.07) is 5.26. The molecule has 0 spiro atoms. The normalized spacial score (nSPS) is 17.0. The van der Waals surface area contributed by atoms with Gasteiger partial charge in [0.2, 0.25) is 0 Å². The van der Waals surface area contributed by atoms with Crippen LogP contribution in [0.2, 0.25) is 0 Å². The number of rotatable bonds is 5. The van der Waals surface area contributed by atoms with Crippen molar-refractivity contribution in [3.8, 4) is 5.69 Å². The molecule has 2 heterocycles. The molecule has 1 atom stereocenters. The van der Waals surface area contributed by atoms with Gasteiger partial charge in [0.1, 0.15) is 11.6 Å². The lowest BCUT2D eigenvalue weighted by Gasteiger charge is -2.15. The number of aliphatic imine (C=N–C) groups is 1. The summed E-state index contributed by atoms with van der Waals surface area (Å²) in [7, 11) is 1.75. The number of aromatic nitrogens is 2. The lowest BCUT2D eigenvalue weighted by molar-refractivity contribution is 0.613. The summed E-state index contributed by atoms with van der Waals surface area (Å²) in [5.41, 5.74) is 1.39. The molecule has 8 heteroatoms. The largest absolute Gasteiger partial charge is 0.355 e. The van der Waals surface area contributed by atoms with Crippen molar-refractivity contribution >= 4 is 41.7 Å². The van der Waals surface area contributed by atoms with E-state index in [1.54, 1.807) is 36.1 Å². The van der Waals surface area contributed by atoms with Gasteiger partial charge in [0.05, 0.1) is 5.69 Å². The van der Waals surface area contributed by atoms with Gasteiger partial charge in [0.15, 0.2) is 5.96 Å². The average molecular weight is 489 g/mol. The summed E-state index contributed by atoms with van der Waals surface area (Å²) in [5.74, 6) is 2.51. The molecule has 1 unspecified atom stereocenters. The van der Waals surface area contributed by atoms with E-state index in [0.29, 0.717) is 17.5 Å². The second kappa shape index (κ2) is 10.1. The minimum atomic E-state index is -0.259. The van der Waals surface area contributed by atoms with E-state index >= 15 is 0 Å². The molecule has 1 saturated heterocycles. The molecule has 26 heavy (non-hydrogen) atoms. The van der Waals surface area contributed by atoms with Crippen LogP contribution < -0.4 is 10.6 Å². The highest BCUT2D eigenvalue weighted by atomic mass is 127. The van der Waals surface area contributed by atoms with Crippen LogP contribution in [0, 0.1) is 12.7 Å². The van der Waals surface area contributed by atoms with Gasteiger partial charge in [-0.25, -0.2) is 9.37 Å². The maximum absolute atomic E-state index is 14.4. The Bertz CT molecular complexity index is 743. The van der Waals surface area contributed by atoms with E-state index in [1.807, 2.05) is 24.8 Å². The summed E-state index contributed by atoms with van der Waals surface area (Å²) in [4.78, 5) is 8.37. The second-order valence-corrected chi connectivity index (χ2v) is 7.48. The van der Waals surface area contributed by atoms with Gasteiger partial charge < -0.3 is 15.2 Å². The topological polar surface area (TPSA) is 54.2 Å². The van der Waals surface area contributed by atoms with E-state index in [0.717, 1.165) is 23.9 Å². The summed E-state index contributed by atoms with van der Waals surface area (Å²) in [6.45, 7) is 3.29. The average Bonchev–Trinajstić information content (AvgIpc) is 3.27. The quantitative estimate of drug-likeness (QED) is 0.384. The molecule has 3 rings (SSSR count). The first-order valence-corrected chi connectivity index (χ1v) is 9.57. The maximum Gasteiger partial charge on any atom is 0.191 e. The third-order valence-electron chi connectivity index (χ3n) is 4.30. The van der Waals surface area contributed by atoms with Crippen LogP contribution >= 0.6 is 35.7 Å². The molecule has 142 valence electrons. The second-order valence-electron chi connectivity index (χ2n) is 6.07. The first kappa shape index (κ1) is 21.0. The number of thioether (sulfide) groups is 1. The van der Waals surface area contributed by atoms with E-state index < -0.39 is 0 Å². The first-order chi connectivity index (χ1) is 12.2. The van der Waals surface area contributed by atoms with Crippen LogP contribution in [0.5, 0.6) is 0 Å². The Labute approximate surface area is 175 Å². The highest BCUT2D eigenvalue weighted by Crippen LogP contribution is 2.25. The predicted octanol–water partition coefficient (Wildman–Crippen LogP) is 3.50. The molecule has 1 aliphatic heterocycles. The van der Waals surface area contributed by atoms with Crippen molar-refractivity contribution in [3.05, 3.63) is 47.8 Å². The van der Waals surface area contributed by atoms with Crippen molar-refractivity contribution in [2.75, 3.05) is 19.3 Å². The Balaban J connectivity index is 0.00000243. The van der Waals surface area contributed by atoms with Crippen LogP contribution in [0.4, 0.5) is 4.39 Å². The zero-order valence-electron chi connectivity index (χ0n) is 15.0. The number of hydrogen-bond donors (Lipinski definition) is 2. The molecule has 0 aliphatic carbocycles. The van der Waals surface area contributed by atoms with E-state index in [-0.39, 0.29) is 29.8 Å². The Morgan fingerprint density at radius 2 is 2.27 bits per heavy atom. The van der Waals surface area contributed by atoms with Crippen molar-refractivity contribution in [1.29, 1.82) is 0 Å². The molecule has 5 nitrogen and oxygen atoms in total. The zero-order chi connectivity index (χ0) is 17.6. The third-order valence-corrected chi connectivity index (χ3v) is 5.70. The van der Waals surface area contributed by atoms with Crippen LogP contribution in [0.15, 0.2) is 35.6 Å². The van der Waals surface area contributed by atoms with E-state index in [2.05, 4.69) is 20.6 Å². The number of aryl methyl sites for hydroxylation is 1. The predicted molar refractivity (Wildman–Crippen MR) is 117 cm³/mol. The molecule has 2 N–H and O–H groups in total. The number of halogens is 2. The zero-order valence-corrected chi connectivity index (χ0v) is 18.2. The van der Waals surface area contributed by atoms with Gasteiger partial charge in [-0.1, -0.05) is 6.07 Å². The highest BCUT2D eigenvalue weighted by molar-refractivity contribution is 14.0. The highest BCUT2D eigenvalue weighted by Gasteiger charge is 2.15. The first-order valence-electron chi connectivity index (χ1n) is 8.52. The summed E-state index contributed by atoms with van der Waals surface area (Å²) < 4.78 is 16.2. The fraction of sp³-hybridized carbons (Fsp3) is 0.444. The minimum Gasteiger partial charge on any atom is -0.355 e. The van der Waals surface area contributed by atoms with E-state index in [1.165, 1.54) is 18.6 Å². The van der Waals surface area contributed by atoms with E-state index in [9.17, 15) is 4.39 Å². The number of guanidine groups is 1. The lowest BCUT2D eigenvalue weighted by Crippen LogP contribution is -2.39. The van der Waals surface area contributed by atoms with Crippen molar-refractivity contribution in [3.63, 3.8) is 0 Å². The maximum atomic E-state index is 14.4. The molecular weight excluding hydrogens is 464 g/mol. The molecular formula is C18H25FIN5S. The van der Waals surface area contributed by atoms with Gasteiger partial charge in [-0.15, -0.1) is 24.0 Å². The van der Waals surface area contributed by atoms with E-state index in [4.69, 9.17) is 0 Å². The van der Waals surface area contributed by atoms with Crippen LogP contribution in [0.25, 0.3) is 5.69 Å². The standard InChI is InChI=1S/C18H24FN5S.HI/c1-13-21-7-8-24(13)17-6-5-14(10-16(17)19)11-22-18(20-2)23-12-15-4-3-9-25-15;/h5-8,10,15H,3-4,9,11-12H2,1-2H3,(H2,20,22,23);1H. The Kier molecular flexibility index (Phi) is 8.20. The van der Waals surface area contributed by atoms with Gasteiger partial charge >= 0.3 is 0 Å². The molecule has 1 aliphatic rings. The van der Waals surface area contributed by atoms with Crippen molar-refractivity contribution in [1.82, 2.24) is 20.2 Å². The molecule has 1 aromatic carbocycles. The molecule has 1 aromatic heterocycles. The monoisotopic (exact) mass is 489 g/mol. The fourth-order valence-electron chi connectivity index (χ4n) is 2.91. The number of nitrogens with zero attached hydrogens (tertiary/aromatic N) is 3. The van der Waals surface area contributed by atoms with Crippen molar-refractivity contribution in [2.45, 2.75) is 31.6 Å². The molecule has 2 aromatic rings. The van der Waals surface area contributed by atoms with Gasteiger partial charge in [-0.3, -0.25) is 4.99 Å². The van der Waals surface area contributed by atoms with Crippen molar-refractivity contribution in [2.24, 2.45) is 4.99 Å². The Morgan fingerprint density at radius 1 is 1.42 bits per heavy atom. The summed E-state index contributed by atoms with van der Waals surface area (Å²) in [5, 5.41) is 7.26. The Hall–Kier alpha value is -1.29. The SMILES string of the molecule is CN=C(NCc1ccc(-n2ccnc2C)c(F)c1)NCC1CCCS1.I. The number of benzene rings is 1. The molecule has 0 amide bonds. The van der Waals surface area contributed by atoms with Gasteiger partial charge in [-0.05, 0) is 43.2 Å². The van der Waals surface area contributed by atoms with Crippen LogP contribution in [-0.4, -0.2) is 40.1 Å². The Morgan fingerprint density at radius 3 is 2.88 bits per heavy atom. The smallest absolute Gasteiger partial charge is 0.191 e. The molecule has 0 saturated carbocycles. The number of imidazole rings is 1. The minimum absolute atomic E-state index is 0. The van der Waals surface area contributed by atoms with Crippen LogP contribution in [0.3, 0.4) is 0 Å². The van der Waals surface area contributed by atoms with Crippen molar-refractivity contribution < 1.29 is 4.39 Å². The van der Waals surface area contributed by atoms with Crippen LogP contribution in [0.1, 0.15) is 24.2 Å². The third kappa shape index (κ3) is 5.35. The molecule has 0 bridgehead atoms. The van der Waals surface area contributed by atoms with Crippen LogP contribution in [-0.2, 0) is 6.54 Å². The lowest BCUT2D eigenvalue weighted by atomic mass is 10.2. The summed E-state index contributed by atoms with van der Waals surface area (Å²) in [6.07, 6.45) is 5.99. The molecule has 1 fully saturated rings. The molecule has 0 radical (unpaired) electrons. The number of nitrogens with one attached hydrogen (secondary N) is 2. The summed E-state index contributed by atoms with van der Waals surface area (Å²) >= 11 is 2.01. The fourth-order valence-corrected chi connectivity index (χ4v) is 4.11. The van der Waals surface area contributed by atoms with Gasteiger partial charge in [0, 0.05) is 37.8 Å². The van der Waals surface area contributed by atoms with Gasteiger partial charge in [-0.2, -0.15) is 11.8 Å². The van der Waals surface area contributed by atoms with Gasteiger partial charge in [0.25, 0.3) is 0 Å². The number of hydrogen-bond acceptors (Lipinski definition) is 3.